The minimum absolute atomic E-state index is 0.756. The molecule has 0 bridgehead atoms. The summed E-state index contributed by atoms with van der Waals surface area (Å²) < 4.78 is 0. The molecule has 104 valence electrons. The van der Waals surface area contributed by atoms with E-state index in [-0.39, 0.29) is 0 Å². The Morgan fingerprint density at radius 3 is 2.62 bits per heavy atom. The Kier molecular flexibility index (Phi) is 3.56. The van der Waals surface area contributed by atoms with E-state index in [2.05, 4.69) is 35.4 Å². The fourth-order valence-corrected chi connectivity index (χ4v) is 2.24. The van der Waals surface area contributed by atoms with Crippen LogP contribution < -0.4 is 11.1 Å². The first kappa shape index (κ1) is 13.2. The van der Waals surface area contributed by atoms with Gasteiger partial charge in [-0.05, 0) is 48.4 Å². The summed E-state index contributed by atoms with van der Waals surface area (Å²) in [5.74, 6) is 0. The SMILES string of the molecule is Cc1ccc(N)cc1Nc1cccc(-c2cccnc2)c1. The number of nitrogen functional groups attached to an aromatic ring is 1. The van der Waals surface area contributed by atoms with Gasteiger partial charge in [-0.15, -0.1) is 0 Å². The van der Waals surface area contributed by atoms with Gasteiger partial charge in [0.25, 0.3) is 0 Å². The summed E-state index contributed by atoms with van der Waals surface area (Å²) in [6.45, 7) is 2.06. The molecule has 0 fully saturated rings. The van der Waals surface area contributed by atoms with Crippen LogP contribution in [0.4, 0.5) is 17.1 Å². The number of hydrogen-bond acceptors (Lipinski definition) is 3. The van der Waals surface area contributed by atoms with Crippen molar-refractivity contribution in [1.29, 1.82) is 0 Å². The predicted molar refractivity (Wildman–Crippen MR) is 88.5 cm³/mol. The molecule has 3 rings (SSSR count). The third kappa shape index (κ3) is 3.03. The first-order valence-corrected chi connectivity index (χ1v) is 6.86. The zero-order chi connectivity index (χ0) is 14.7. The predicted octanol–water partition coefficient (Wildman–Crippen LogP) is 4.38. The monoisotopic (exact) mass is 275 g/mol. The van der Waals surface area contributed by atoms with Crippen LogP contribution in [0.5, 0.6) is 0 Å². The van der Waals surface area contributed by atoms with Gasteiger partial charge in [0.1, 0.15) is 0 Å². The number of nitrogens with two attached hydrogens (primary N) is 1. The molecule has 3 aromatic rings. The molecular formula is C18H17N3. The zero-order valence-electron chi connectivity index (χ0n) is 11.9. The quantitative estimate of drug-likeness (QED) is 0.697. The van der Waals surface area contributed by atoms with E-state index in [1.807, 2.05) is 42.6 Å². The molecule has 3 N–H and O–H groups in total. The summed E-state index contributed by atoms with van der Waals surface area (Å²) in [6.07, 6.45) is 3.65. The number of rotatable bonds is 3. The molecule has 0 atom stereocenters. The van der Waals surface area contributed by atoms with E-state index in [1.54, 1.807) is 6.20 Å². The average molecular weight is 275 g/mol. The lowest BCUT2D eigenvalue weighted by molar-refractivity contribution is 1.33. The van der Waals surface area contributed by atoms with Gasteiger partial charge in [0.15, 0.2) is 0 Å². The minimum atomic E-state index is 0.756. The van der Waals surface area contributed by atoms with E-state index in [0.29, 0.717) is 0 Å². The highest BCUT2D eigenvalue weighted by molar-refractivity contribution is 5.72. The maximum absolute atomic E-state index is 5.85. The first-order chi connectivity index (χ1) is 10.2. The van der Waals surface area contributed by atoms with Crippen molar-refractivity contribution < 1.29 is 0 Å². The number of aryl methyl sites for hydroxylation is 1. The third-order valence-corrected chi connectivity index (χ3v) is 3.40. The molecule has 1 heterocycles. The van der Waals surface area contributed by atoms with Gasteiger partial charge in [-0.3, -0.25) is 4.98 Å². The lowest BCUT2D eigenvalue weighted by Crippen LogP contribution is -1.95. The van der Waals surface area contributed by atoms with Crippen LogP contribution in [-0.4, -0.2) is 4.98 Å². The summed E-state index contributed by atoms with van der Waals surface area (Å²) in [4.78, 5) is 4.16. The molecule has 21 heavy (non-hydrogen) atoms. The number of nitrogens with one attached hydrogen (secondary N) is 1. The van der Waals surface area contributed by atoms with Crippen molar-refractivity contribution in [2.24, 2.45) is 0 Å². The maximum atomic E-state index is 5.85. The van der Waals surface area contributed by atoms with Crippen LogP contribution in [0.15, 0.2) is 67.0 Å². The summed E-state index contributed by atoms with van der Waals surface area (Å²) in [5, 5.41) is 3.42. The van der Waals surface area contributed by atoms with E-state index in [9.17, 15) is 0 Å². The van der Waals surface area contributed by atoms with E-state index in [0.717, 1.165) is 33.8 Å². The summed E-state index contributed by atoms with van der Waals surface area (Å²) in [7, 11) is 0. The molecule has 0 amide bonds. The average Bonchev–Trinajstić information content (AvgIpc) is 2.52. The minimum Gasteiger partial charge on any atom is -0.399 e. The number of pyridine rings is 1. The van der Waals surface area contributed by atoms with Gasteiger partial charge in [-0.1, -0.05) is 24.3 Å². The second-order valence-electron chi connectivity index (χ2n) is 5.02. The molecule has 0 saturated heterocycles. The fraction of sp³-hybridized carbons (Fsp3) is 0.0556. The van der Waals surface area contributed by atoms with Crippen LogP contribution >= 0.6 is 0 Å². The molecule has 0 radical (unpaired) electrons. The third-order valence-electron chi connectivity index (χ3n) is 3.40. The van der Waals surface area contributed by atoms with Gasteiger partial charge in [0.2, 0.25) is 0 Å². The molecule has 1 aromatic heterocycles. The van der Waals surface area contributed by atoms with Crippen LogP contribution in [0, 0.1) is 6.92 Å². The van der Waals surface area contributed by atoms with E-state index < -0.39 is 0 Å². The van der Waals surface area contributed by atoms with Crippen LogP contribution in [0.3, 0.4) is 0 Å². The normalized spacial score (nSPS) is 10.3. The van der Waals surface area contributed by atoms with Crippen molar-refractivity contribution in [2.45, 2.75) is 6.92 Å². The van der Waals surface area contributed by atoms with Crippen molar-refractivity contribution in [3.8, 4) is 11.1 Å². The van der Waals surface area contributed by atoms with E-state index in [4.69, 9.17) is 5.73 Å². The van der Waals surface area contributed by atoms with Crippen molar-refractivity contribution >= 4 is 17.1 Å². The van der Waals surface area contributed by atoms with Crippen molar-refractivity contribution in [2.75, 3.05) is 11.1 Å². The van der Waals surface area contributed by atoms with Gasteiger partial charge in [-0.2, -0.15) is 0 Å². The Morgan fingerprint density at radius 1 is 0.952 bits per heavy atom. The molecule has 2 aromatic carbocycles. The topological polar surface area (TPSA) is 50.9 Å². The summed E-state index contributed by atoms with van der Waals surface area (Å²) >= 11 is 0. The largest absolute Gasteiger partial charge is 0.399 e. The summed E-state index contributed by atoms with van der Waals surface area (Å²) in [6, 6.07) is 18.1. The molecule has 0 spiro atoms. The second-order valence-corrected chi connectivity index (χ2v) is 5.02. The number of aromatic nitrogens is 1. The van der Waals surface area contributed by atoms with E-state index >= 15 is 0 Å². The Bertz CT molecular complexity index is 751. The molecule has 0 aliphatic carbocycles. The lowest BCUT2D eigenvalue weighted by atomic mass is 10.1. The van der Waals surface area contributed by atoms with Gasteiger partial charge in [0.05, 0.1) is 0 Å². The first-order valence-electron chi connectivity index (χ1n) is 6.86. The number of benzene rings is 2. The molecule has 0 aliphatic rings. The van der Waals surface area contributed by atoms with E-state index in [1.165, 1.54) is 0 Å². The van der Waals surface area contributed by atoms with Crippen molar-refractivity contribution in [3.63, 3.8) is 0 Å². The number of nitrogens with zero attached hydrogens (tertiary/aromatic N) is 1. The standard InChI is InChI=1S/C18H17N3/c1-13-7-8-16(19)11-18(13)21-17-6-2-4-14(10-17)15-5-3-9-20-12-15/h2-12,21H,19H2,1H3. The van der Waals surface area contributed by atoms with Crippen LogP contribution in [0.1, 0.15) is 5.56 Å². The molecule has 0 saturated carbocycles. The Balaban J connectivity index is 1.92. The van der Waals surface area contributed by atoms with Gasteiger partial charge in [-0.25, -0.2) is 0 Å². The van der Waals surface area contributed by atoms with Crippen LogP contribution in [-0.2, 0) is 0 Å². The highest BCUT2D eigenvalue weighted by atomic mass is 14.9. The molecule has 0 aliphatic heterocycles. The highest BCUT2D eigenvalue weighted by Gasteiger charge is 2.02. The smallest absolute Gasteiger partial charge is 0.0434 e. The highest BCUT2D eigenvalue weighted by Crippen LogP contribution is 2.26. The Labute approximate surface area is 124 Å². The molecular weight excluding hydrogens is 258 g/mol. The van der Waals surface area contributed by atoms with Crippen LogP contribution in [0.2, 0.25) is 0 Å². The second kappa shape index (κ2) is 5.67. The lowest BCUT2D eigenvalue weighted by Gasteiger charge is -2.11. The van der Waals surface area contributed by atoms with Crippen molar-refractivity contribution in [3.05, 3.63) is 72.6 Å². The number of anilines is 3. The Hall–Kier alpha value is -2.81. The van der Waals surface area contributed by atoms with Crippen molar-refractivity contribution in [1.82, 2.24) is 4.98 Å². The van der Waals surface area contributed by atoms with Gasteiger partial charge < -0.3 is 11.1 Å². The molecule has 0 unspecified atom stereocenters. The van der Waals surface area contributed by atoms with Gasteiger partial charge >= 0.3 is 0 Å². The van der Waals surface area contributed by atoms with Gasteiger partial charge in [0, 0.05) is 35.0 Å². The fourth-order valence-electron chi connectivity index (χ4n) is 2.24. The molecule has 3 heteroatoms. The number of hydrogen-bond donors (Lipinski definition) is 2. The van der Waals surface area contributed by atoms with Crippen LogP contribution in [0.25, 0.3) is 11.1 Å². The maximum Gasteiger partial charge on any atom is 0.0434 e. The summed E-state index contributed by atoms with van der Waals surface area (Å²) in [5.41, 5.74) is 12.1. The molecule has 3 nitrogen and oxygen atoms in total. The Morgan fingerprint density at radius 2 is 1.81 bits per heavy atom. The zero-order valence-corrected chi connectivity index (χ0v) is 11.9.